The van der Waals surface area contributed by atoms with E-state index in [2.05, 4.69) is 10.2 Å². The molecule has 2 aromatic carbocycles. The van der Waals surface area contributed by atoms with Crippen molar-refractivity contribution in [2.24, 2.45) is 0 Å². The highest BCUT2D eigenvalue weighted by molar-refractivity contribution is 5.92. The van der Waals surface area contributed by atoms with Gasteiger partial charge in [-0.1, -0.05) is 18.2 Å². The van der Waals surface area contributed by atoms with Crippen molar-refractivity contribution in [1.82, 2.24) is 0 Å². The minimum absolute atomic E-state index is 0.139. The number of ether oxygens (including phenoxy) is 2. The van der Waals surface area contributed by atoms with Crippen LogP contribution in [-0.2, 0) is 25.6 Å². The first-order valence-corrected chi connectivity index (χ1v) is 9.66. The van der Waals surface area contributed by atoms with E-state index in [1.165, 1.54) is 13.8 Å². The second kappa shape index (κ2) is 10.4. The number of esters is 1. The zero-order chi connectivity index (χ0) is 23.0. The van der Waals surface area contributed by atoms with E-state index in [9.17, 15) is 19.7 Å². The van der Waals surface area contributed by atoms with E-state index in [0.29, 0.717) is 5.75 Å². The lowest BCUT2D eigenvalue weighted by molar-refractivity contribution is -0.757. The lowest BCUT2D eigenvalue weighted by Crippen LogP contribution is -2.40. The summed E-state index contributed by atoms with van der Waals surface area (Å²) in [6.07, 6.45) is 0.190. The summed E-state index contributed by atoms with van der Waals surface area (Å²) in [6, 6.07) is 12.6. The van der Waals surface area contributed by atoms with Crippen LogP contribution in [0.4, 0.5) is 5.69 Å². The summed E-state index contributed by atoms with van der Waals surface area (Å²) in [5, 5.41) is 12.0. The Bertz CT molecular complexity index is 919. The molecular formula is C22H26N2O7. The third-order valence-corrected chi connectivity index (χ3v) is 4.17. The largest absolute Gasteiger partial charge is 0.476 e. The fourth-order valence-electron chi connectivity index (χ4n) is 2.87. The van der Waals surface area contributed by atoms with Gasteiger partial charge in [0.25, 0.3) is 5.09 Å². The molecule has 0 radical (unpaired) electrons. The van der Waals surface area contributed by atoms with Gasteiger partial charge in [0.15, 0.2) is 5.60 Å². The Kier molecular flexibility index (Phi) is 7.95. The highest BCUT2D eigenvalue weighted by Gasteiger charge is 2.31. The van der Waals surface area contributed by atoms with Gasteiger partial charge >= 0.3 is 5.97 Å². The van der Waals surface area contributed by atoms with Gasteiger partial charge in [0.05, 0.1) is 6.42 Å². The van der Waals surface area contributed by atoms with Crippen LogP contribution in [0.2, 0.25) is 0 Å². The van der Waals surface area contributed by atoms with E-state index >= 15 is 0 Å². The summed E-state index contributed by atoms with van der Waals surface area (Å²) in [6.45, 7) is 6.37. The zero-order valence-corrected chi connectivity index (χ0v) is 18.0. The van der Waals surface area contributed by atoms with Crippen LogP contribution in [0.15, 0.2) is 42.5 Å². The number of amides is 1. The second-order valence-corrected chi connectivity index (χ2v) is 7.55. The maximum absolute atomic E-state index is 12.3. The van der Waals surface area contributed by atoms with Gasteiger partial charge in [0, 0.05) is 5.69 Å². The van der Waals surface area contributed by atoms with Crippen molar-refractivity contribution in [1.29, 1.82) is 0 Å². The van der Waals surface area contributed by atoms with Crippen LogP contribution < -0.4 is 10.1 Å². The Balaban J connectivity index is 1.88. The zero-order valence-electron chi connectivity index (χ0n) is 18.0. The number of hydrogen-bond donors (Lipinski definition) is 1. The first kappa shape index (κ1) is 23.7. The Morgan fingerprint density at radius 2 is 1.65 bits per heavy atom. The average Bonchev–Trinajstić information content (AvgIpc) is 2.65. The highest BCUT2D eigenvalue weighted by atomic mass is 17.0. The Morgan fingerprint density at radius 1 is 1.03 bits per heavy atom. The number of aryl methyl sites for hydroxylation is 2. The van der Waals surface area contributed by atoms with Crippen LogP contribution in [0.3, 0.4) is 0 Å². The summed E-state index contributed by atoms with van der Waals surface area (Å²) in [5.41, 5.74) is 2.38. The van der Waals surface area contributed by atoms with Crippen LogP contribution in [0.1, 0.15) is 30.5 Å². The predicted molar refractivity (Wildman–Crippen MR) is 113 cm³/mol. The van der Waals surface area contributed by atoms with Crippen LogP contribution in [-0.4, -0.2) is 35.8 Å². The molecule has 1 N–H and O–H groups in total. The van der Waals surface area contributed by atoms with E-state index in [0.717, 1.165) is 22.4 Å². The minimum Gasteiger partial charge on any atom is -0.476 e. The third-order valence-electron chi connectivity index (χ3n) is 4.17. The van der Waals surface area contributed by atoms with E-state index in [-0.39, 0.29) is 25.5 Å². The summed E-state index contributed by atoms with van der Waals surface area (Å²) in [5.74, 6) is -0.405. The maximum atomic E-state index is 12.3. The van der Waals surface area contributed by atoms with Gasteiger partial charge in [-0.25, -0.2) is 4.79 Å². The quantitative estimate of drug-likeness (QED) is 0.266. The van der Waals surface area contributed by atoms with Gasteiger partial charge in [-0.15, -0.1) is 10.1 Å². The van der Waals surface area contributed by atoms with Gasteiger partial charge in [-0.05, 0) is 68.7 Å². The highest BCUT2D eigenvalue weighted by Crippen LogP contribution is 2.21. The van der Waals surface area contributed by atoms with Crippen molar-refractivity contribution in [2.75, 3.05) is 18.5 Å². The number of anilines is 1. The fraction of sp³-hybridized carbons (Fsp3) is 0.364. The topological polar surface area (TPSA) is 117 Å². The van der Waals surface area contributed by atoms with E-state index in [1.807, 2.05) is 32.0 Å². The number of carbonyl (C=O) groups is 2. The number of hydrogen-bond acceptors (Lipinski definition) is 7. The molecule has 0 saturated carbocycles. The number of benzene rings is 2. The first-order chi connectivity index (χ1) is 14.5. The van der Waals surface area contributed by atoms with Crippen LogP contribution in [0.25, 0.3) is 0 Å². The molecule has 1 amide bonds. The second-order valence-electron chi connectivity index (χ2n) is 7.55. The van der Waals surface area contributed by atoms with Gasteiger partial charge < -0.3 is 19.6 Å². The molecule has 0 heterocycles. The van der Waals surface area contributed by atoms with Gasteiger partial charge in [0.2, 0.25) is 5.91 Å². The summed E-state index contributed by atoms with van der Waals surface area (Å²) in [7, 11) is 0. The van der Waals surface area contributed by atoms with E-state index in [1.54, 1.807) is 24.3 Å². The Hall–Kier alpha value is -3.62. The van der Waals surface area contributed by atoms with Crippen molar-refractivity contribution in [3.05, 3.63) is 69.3 Å². The summed E-state index contributed by atoms with van der Waals surface area (Å²) in [4.78, 5) is 38.6. The van der Waals surface area contributed by atoms with Crippen molar-refractivity contribution in [2.45, 2.75) is 39.7 Å². The molecule has 0 unspecified atom stereocenters. The number of rotatable bonds is 10. The predicted octanol–water partition coefficient (Wildman–Crippen LogP) is 3.39. The average molecular weight is 430 g/mol. The molecule has 0 aliphatic rings. The van der Waals surface area contributed by atoms with Gasteiger partial charge in [0.1, 0.15) is 19.0 Å². The smallest absolute Gasteiger partial charge is 0.349 e. The van der Waals surface area contributed by atoms with Crippen molar-refractivity contribution in [3.8, 4) is 5.75 Å². The fourth-order valence-corrected chi connectivity index (χ4v) is 2.87. The number of nitrogens with zero attached hydrogens (tertiary/aromatic N) is 1. The molecule has 9 nitrogen and oxygen atoms in total. The van der Waals surface area contributed by atoms with Crippen molar-refractivity contribution in [3.63, 3.8) is 0 Å². The molecule has 31 heavy (non-hydrogen) atoms. The molecule has 9 heteroatoms. The van der Waals surface area contributed by atoms with Crippen molar-refractivity contribution < 1.29 is 29.0 Å². The molecule has 0 saturated heterocycles. The van der Waals surface area contributed by atoms with Crippen LogP contribution in [0.5, 0.6) is 5.75 Å². The van der Waals surface area contributed by atoms with E-state index < -0.39 is 16.7 Å². The standard InChI is InChI=1S/C22H26N2O7/c1-15-11-16(2)13-18(12-15)23-20(25)14-17-5-7-19(8-6-17)31-22(3,4)21(26)29-9-10-30-24(27)28/h5-8,11-13H,9-10,14H2,1-4H3,(H,23,25). The first-order valence-electron chi connectivity index (χ1n) is 9.66. The number of carbonyl (C=O) groups excluding carboxylic acids is 2. The summed E-state index contributed by atoms with van der Waals surface area (Å²) < 4.78 is 10.6. The van der Waals surface area contributed by atoms with Crippen molar-refractivity contribution >= 4 is 17.6 Å². The molecular weight excluding hydrogens is 404 g/mol. The lowest BCUT2D eigenvalue weighted by Gasteiger charge is -2.24. The third kappa shape index (κ3) is 7.96. The van der Waals surface area contributed by atoms with Gasteiger partial charge in [-0.3, -0.25) is 4.79 Å². The molecule has 2 aromatic rings. The van der Waals surface area contributed by atoms with Crippen LogP contribution in [0, 0.1) is 24.0 Å². The van der Waals surface area contributed by atoms with Crippen LogP contribution >= 0.6 is 0 Å². The Labute approximate surface area is 180 Å². The molecule has 0 atom stereocenters. The molecule has 166 valence electrons. The molecule has 0 bridgehead atoms. The molecule has 0 spiro atoms. The number of nitrogens with one attached hydrogen (secondary N) is 1. The summed E-state index contributed by atoms with van der Waals surface area (Å²) >= 11 is 0. The van der Waals surface area contributed by atoms with E-state index in [4.69, 9.17) is 9.47 Å². The normalized spacial score (nSPS) is 10.8. The van der Waals surface area contributed by atoms with Gasteiger partial charge in [-0.2, -0.15) is 0 Å². The molecule has 0 aromatic heterocycles. The minimum atomic E-state index is -1.31. The molecule has 0 aliphatic heterocycles. The lowest BCUT2D eigenvalue weighted by atomic mass is 10.1. The maximum Gasteiger partial charge on any atom is 0.349 e. The molecule has 2 rings (SSSR count). The molecule has 0 aliphatic carbocycles. The molecule has 0 fully saturated rings. The monoisotopic (exact) mass is 430 g/mol. The Morgan fingerprint density at radius 3 is 2.23 bits per heavy atom. The SMILES string of the molecule is Cc1cc(C)cc(NC(=O)Cc2ccc(OC(C)(C)C(=O)OCCO[N+](=O)[O-])cc2)c1.